The van der Waals surface area contributed by atoms with E-state index >= 15 is 0 Å². The van der Waals surface area contributed by atoms with Crippen LogP contribution in [0.4, 0.5) is 11.4 Å². The first-order valence-electron chi connectivity index (χ1n) is 9.18. The molecule has 0 bridgehead atoms. The molecule has 1 saturated heterocycles. The molecule has 7 heteroatoms. The molecule has 0 atom stereocenters. The molecule has 4 rings (SSSR count). The number of halogens is 1. The van der Waals surface area contributed by atoms with Gasteiger partial charge in [0.1, 0.15) is 0 Å². The maximum absolute atomic E-state index is 12.4. The predicted octanol–water partition coefficient (Wildman–Crippen LogP) is 2.85. The van der Waals surface area contributed by atoms with E-state index in [1.165, 1.54) is 4.90 Å². The predicted molar refractivity (Wildman–Crippen MR) is 108 cm³/mol. The first kappa shape index (κ1) is 18.7. The number of benzene rings is 2. The SMILES string of the molecule is CC(=O)c1ccc(N2CCN(CN3C(=O)C(=O)c4cc(Cl)ccc43)CC2)cc1. The van der Waals surface area contributed by atoms with E-state index in [1.54, 1.807) is 25.1 Å². The van der Waals surface area contributed by atoms with Crippen LogP contribution in [0.15, 0.2) is 42.5 Å². The van der Waals surface area contributed by atoms with Gasteiger partial charge in [0, 0.05) is 42.5 Å². The zero-order chi connectivity index (χ0) is 19.8. The molecule has 0 aliphatic carbocycles. The van der Waals surface area contributed by atoms with Crippen molar-refractivity contribution in [3.05, 3.63) is 58.6 Å². The Balaban J connectivity index is 1.40. The molecule has 0 unspecified atom stereocenters. The van der Waals surface area contributed by atoms with Gasteiger partial charge in [-0.3, -0.25) is 24.2 Å². The number of hydrogen-bond acceptors (Lipinski definition) is 5. The summed E-state index contributed by atoms with van der Waals surface area (Å²) in [5, 5.41) is 0.450. The average molecular weight is 398 g/mol. The molecule has 2 aromatic rings. The van der Waals surface area contributed by atoms with Crippen molar-refractivity contribution in [3.63, 3.8) is 0 Å². The van der Waals surface area contributed by atoms with Crippen LogP contribution in [-0.2, 0) is 4.79 Å². The standard InChI is InChI=1S/C21H20ClN3O3/c1-14(26)15-2-5-17(6-3-15)24-10-8-23(9-11-24)13-25-19-7-4-16(22)12-18(19)20(27)21(25)28/h2-7,12H,8-11,13H2,1H3. The maximum Gasteiger partial charge on any atom is 0.300 e. The molecule has 0 N–H and O–H groups in total. The molecule has 28 heavy (non-hydrogen) atoms. The average Bonchev–Trinajstić information content (AvgIpc) is 2.93. The summed E-state index contributed by atoms with van der Waals surface area (Å²) >= 11 is 5.96. The summed E-state index contributed by atoms with van der Waals surface area (Å²) in [7, 11) is 0. The van der Waals surface area contributed by atoms with Gasteiger partial charge in [-0.05, 0) is 49.4 Å². The van der Waals surface area contributed by atoms with E-state index in [-0.39, 0.29) is 5.78 Å². The molecular weight excluding hydrogens is 378 g/mol. The summed E-state index contributed by atoms with van der Waals surface area (Å²) in [5.41, 5.74) is 2.79. The molecule has 2 heterocycles. The Bertz CT molecular complexity index is 950. The van der Waals surface area contributed by atoms with Crippen molar-refractivity contribution in [1.82, 2.24) is 4.90 Å². The molecule has 6 nitrogen and oxygen atoms in total. The number of piperazine rings is 1. The Labute approximate surface area is 168 Å². The zero-order valence-electron chi connectivity index (χ0n) is 15.5. The van der Waals surface area contributed by atoms with Gasteiger partial charge in [0.25, 0.3) is 5.78 Å². The number of amides is 1. The first-order valence-corrected chi connectivity index (χ1v) is 9.56. The molecule has 2 aromatic carbocycles. The Morgan fingerprint density at radius 3 is 2.32 bits per heavy atom. The Kier molecular flexibility index (Phi) is 4.91. The van der Waals surface area contributed by atoms with Gasteiger partial charge in [-0.25, -0.2) is 0 Å². The van der Waals surface area contributed by atoms with Crippen LogP contribution in [0, 0.1) is 0 Å². The number of rotatable bonds is 4. The summed E-state index contributed by atoms with van der Waals surface area (Å²) in [6.07, 6.45) is 0. The van der Waals surface area contributed by atoms with Crippen molar-refractivity contribution in [1.29, 1.82) is 0 Å². The highest BCUT2D eigenvalue weighted by Gasteiger charge is 2.37. The van der Waals surface area contributed by atoms with Crippen LogP contribution >= 0.6 is 11.6 Å². The summed E-state index contributed by atoms with van der Waals surface area (Å²) < 4.78 is 0. The fraction of sp³-hybridized carbons (Fsp3) is 0.286. The quantitative estimate of drug-likeness (QED) is 0.586. The van der Waals surface area contributed by atoms with Gasteiger partial charge >= 0.3 is 5.91 Å². The number of Topliss-reactive ketones (excluding diaryl/α,β-unsaturated/α-hetero) is 2. The van der Waals surface area contributed by atoms with E-state index in [0.717, 1.165) is 31.9 Å². The van der Waals surface area contributed by atoms with Crippen molar-refractivity contribution >= 4 is 40.4 Å². The first-order chi connectivity index (χ1) is 13.4. The highest BCUT2D eigenvalue weighted by molar-refractivity contribution is 6.52. The second kappa shape index (κ2) is 7.37. The molecule has 1 amide bonds. The summed E-state index contributed by atoms with van der Waals surface area (Å²) in [5.74, 6) is -0.941. The smallest absolute Gasteiger partial charge is 0.300 e. The van der Waals surface area contributed by atoms with E-state index in [9.17, 15) is 14.4 Å². The topological polar surface area (TPSA) is 60.9 Å². The zero-order valence-corrected chi connectivity index (χ0v) is 16.3. The van der Waals surface area contributed by atoms with Gasteiger partial charge < -0.3 is 4.90 Å². The number of hydrogen-bond donors (Lipinski definition) is 0. The number of carbonyl (C=O) groups excluding carboxylic acids is 3. The highest BCUT2D eigenvalue weighted by Crippen LogP contribution is 2.31. The number of anilines is 2. The second-order valence-electron chi connectivity index (χ2n) is 7.07. The van der Waals surface area contributed by atoms with E-state index in [1.807, 2.05) is 24.3 Å². The van der Waals surface area contributed by atoms with Crippen LogP contribution in [0.2, 0.25) is 5.02 Å². The summed E-state index contributed by atoms with van der Waals surface area (Å²) in [6, 6.07) is 12.6. The minimum atomic E-state index is -0.500. The fourth-order valence-corrected chi connectivity index (χ4v) is 3.84. The molecule has 144 valence electrons. The van der Waals surface area contributed by atoms with Crippen molar-refractivity contribution in [2.24, 2.45) is 0 Å². The lowest BCUT2D eigenvalue weighted by Gasteiger charge is -2.37. The third-order valence-electron chi connectivity index (χ3n) is 5.29. The monoisotopic (exact) mass is 397 g/mol. The molecule has 2 aliphatic heterocycles. The molecule has 1 fully saturated rings. The lowest BCUT2D eigenvalue weighted by molar-refractivity contribution is -0.114. The Morgan fingerprint density at radius 2 is 1.68 bits per heavy atom. The van der Waals surface area contributed by atoms with Gasteiger partial charge in [0.05, 0.1) is 17.9 Å². The lowest BCUT2D eigenvalue weighted by atomic mass is 10.1. The maximum atomic E-state index is 12.4. The van der Waals surface area contributed by atoms with Gasteiger partial charge in [-0.2, -0.15) is 0 Å². The molecule has 0 radical (unpaired) electrons. The summed E-state index contributed by atoms with van der Waals surface area (Å²) in [4.78, 5) is 42.0. The van der Waals surface area contributed by atoms with Crippen LogP contribution < -0.4 is 9.80 Å². The van der Waals surface area contributed by atoms with Crippen LogP contribution in [0.1, 0.15) is 27.6 Å². The van der Waals surface area contributed by atoms with Gasteiger partial charge in [0.2, 0.25) is 0 Å². The van der Waals surface area contributed by atoms with Crippen molar-refractivity contribution in [2.45, 2.75) is 6.92 Å². The van der Waals surface area contributed by atoms with E-state index < -0.39 is 11.7 Å². The van der Waals surface area contributed by atoms with Gasteiger partial charge in [0.15, 0.2) is 5.78 Å². The lowest BCUT2D eigenvalue weighted by Crippen LogP contribution is -2.51. The molecule has 0 spiro atoms. The number of carbonyl (C=O) groups is 3. The van der Waals surface area contributed by atoms with E-state index in [0.29, 0.717) is 28.5 Å². The van der Waals surface area contributed by atoms with E-state index in [2.05, 4.69) is 9.80 Å². The normalized spacial score (nSPS) is 17.2. The third-order valence-corrected chi connectivity index (χ3v) is 5.52. The minimum absolute atomic E-state index is 0.0581. The molecule has 0 saturated carbocycles. The van der Waals surface area contributed by atoms with Crippen molar-refractivity contribution in [3.8, 4) is 0 Å². The second-order valence-corrected chi connectivity index (χ2v) is 7.51. The van der Waals surface area contributed by atoms with Gasteiger partial charge in [-0.1, -0.05) is 11.6 Å². The Morgan fingerprint density at radius 1 is 1.00 bits per heavy atom. The largest absolute Gasteiger partial charge is 0.369 e. The van der Waals surface area contributed by atoms with Crippen LogP contribution in [0.3, 0.4) is 0 Å². The van der Waals surface area contributed by atoms with Crippen LogP contribution in [0.5, 0.6) is 0 Å². The van der Waals surface area contributed by atoms with Gasteiger partial charge in [-0.15, -0.1) is 0 Å². The third kappa shape index (κ3) is 3.41. The molecule has 2 aliphatic rings. The molecule has 0 aromatic heterocycles. The highest BCUT2D eigenvalue weighted by atomic mass is 35.5. The van der Waals surface area contributed by atoms with Crippen LogP contribution in [-0.4, -0.2) is 55.2 Å². The Hall–Kier alpha value is -2.70. The number of fused-ring (bicyclic) bond motifs is 1. The summed E-state index contributed by atoms with van der Waals surface area (Å²) in [6.45, 7) is 5.11. The van der Waals surface area contributed by atoms with Crippen molar-refractivity contribution < 1.29 is 14.4 Å². The van der Waals surface area contributed by atoms with Crippen molar-refractivity contribution in [2.75, 3.05) is 42.6 Å². The van der Waals surface area contributed by atoms with Crippen LogP contribution in [0.25, 0.3) is 0 Å². The fourth-order valence-electron chi connectivity index (χ4n) is 3.67. The molecular formula is C21H20ClN3O3. The number of ketones is 2. The minimum Gasteiger partial charge on any atom is -0.369 e. The van der Waals surface area contributed by atoms with E-state index in [4.69, 9.17) is 11.6 Å². The number of nitrogens with zero attached hydrogens (tertiary/aromatic N) is 3.